The number of Topliss-reactive ketones (excluding diaryl/α,β-unsaturated/α-hetero) is 1. The Labute approximate surface area is 148 Å². The van der Waals surface area contributed by atoms with Gasteiger partial charge in [-0.2, -0.15) is 5.10 Å². The molecule has 2 aromatic rings. The fourth-order valence-electron chi connectivity index (χ4n) is 2.63. The molecule has 0 radical (unpaired) electrons. The number of aliphatic hydroxyl groups is 1. The number of hydrogen-bond donors (Lipinski definition) is 1. The molecular formula is C17H19F2N3O4. The summed E-state index contributed by atoms with van der Waals surface area (Å²) in [6.45, 7) is 2.75. The van der Waals surface area contributed by atoms with Crippen LogP contribution in [0.15, 0.2) is 30.9 Å². The Morgan fingerprint density at radius 2 is 2.12 bits per heavy atom. The fourth-order valence-corrected chi connectivity index (χ4v) is 2.63. The summed E-state index contributed by atoms with van der Waals surface area (Å²) in [6, 6.07) is 2.66. The second-order valence-corrected chi connectivity index (χ2v) is 5.81. The van der Waals surface area contributed by atoms with E-state index in [1.807, 2.05) is 0 Å². The predicted octanol–water partition coefficient (Wildman–Crippen LogP) is 1.60. The lowest BCUT2D eigenvalue weighted by molar-refractivity contribution is -0.149. The third kappa shape index (κ3) is 4.29. The van der Waals surface area contributed by atoms with E-state index in [-0.39, 0.29) is 18.7 Å². The zero-order valence-electron chi connectivity index (χ0n) is 14.4. The van der Waals surface area contributed by atoms with Crippen molar-refractivity contribution in [3.8, 4) is 0 Å². The Hall–Kier alpha value is -2.68. The molecule has 0 amide bonds. The molecule has 0 saturated heterocycles. The van der Waals surface area contributed by atoms with Crippen LogP contribution in [-0.4, -0.2) is 38.2 Å². The largest absolute Gasteiger partial charge is 0.466 e. The highest BCUT2D eigenvalue weighted by Gasteiger charge is 2.43. The van der Waals surface area contributed by atoms with Crippen molar-refractivity contribution in [1.29, 1.82) is 0 Å². The minimum absolute atomic E-state index is 0.107. The van der Waals surface area contributed by atoms with Gasteiger partial charge >= 0.3 is 5.97 Å². The summed E-state index contributed by atoms with van der Waals surface area (Å²) in [6.07, 6.45) is 1.93. The summed E-state index contributed by atoms with van der Waals surface area (Å²) < 4.78 is 33.5. The average Bonchev–Trinajstić information content (AvgIpc) is 3.06. The summed E-state index contributed by atoms with van der Waals surface area (Å²) in [7, 11) is 0. The van der Waals surface area contributed by atoms with Crippen LogP contribution in [0.25, 0.3) is 0 Å². The standard InChI is InChI=1S/C17H19F2N3O4/c1-3-26-16(24)7-15(23)11(2)17(25,8-22-10-20-9-21-22)13-5-4-12(18)6-14(13)19/h4-6,9-11,25H,3,7-8H2,1-2H3. The third-order valence-corrected chi connectivity index (χ3v) is 4.09. The monoisotopic (exact) mass is 367 g/mol. The molecule has 2 atom stereocenters. The van der Waals surface area contributed by atoms with Gasteiger partial charge in [-0.25, -0.2) is 18.4 Å². The SMILES string of the molecule is CCOC(=O)CC(=O)C(C)C(O)(Cn1cncn1)c1ccc(F)cc1F. The Kier molecular flexibility index (Phi) is 6.14. The van der Waals surface area contributed by atoms with Gasteiger partial charge in [-0.1, -0.05) is 13.0 Å². The smallest absolute Gasteiger partial charge is 0.313 e. The van der Waals surface area contributed by atoms with Crippen molar-refractivity contribution in [3.63, 3.8) is 0 Å². The number of carbonyl (C=O) groups is 2. The minimum Gasteiger partial charge on any atom is -0.466 e. The quantitative estimate of drug-likeness (QED) is 0.563. The maximum absolute atomic E-state index is 14.3. The zero-order valence-corrected chi connectivity index (χ0v) is 14.4. The van der Waals surface area contributed by atoms with Gasteiger partial charge < -0.3 is 9.84 Å². The third-order valence-electron chi connectivity index (χ3n) is 4.09. The number of carbonyl (C=O) groups excluding carboxylic acids is 2. The number of ketones is 1. The topological polar surface area (TPSA) is 94.3 Å². The summed E-state index contributed by atoms with van der Waals surface area (Å²) in [5.74, 6) is -4.42. The van der Waals surface area contributed by atoms with Crippen LogP contribution in [0, 0.1) is 17.6 Å². The Morgan fingerprint density at radius 1 is 1.38 bits per heavy atom. The van der Waals surface area contributed by atoms with E-state index in [1.54, 1.807) is 6.92 Å². The van der Waals surface area contributed by atoms with Crippen molar-refractivity contribution in [1.82, 2.24) is 14.8 Å². The summed E-state index contributed by atoms with van der Waals surface area (Å²) in [5, 5.41) is 15.0. The van der Waals surface area contributed by atoms with Crippen LogP contribution in [0.4, 0.5) is 8.78 Å². The highest BCUT2D eigenvalue weighted by molar-refractivity contribution is 5.97. The van der Waals surface area contributed by atoms with Gasteiger partial charge in [-0.3, -0.25) is 9.59 Å². The molecule has 9 heteroatoms. The average molecular weight is 367 g/mol. The van der Waals surface area contributed by atoms with Crippen LogP contribution in [0.2, 0.25) is 0 Å². The molecule has 1 N–H and O–H groups in total. The lowest BCUT2D eigenvalue weighted by Gasteiger charge is -2.33. The summed E-state index contributed by atoms with van der Waals surface area (Å²) in [4.78, 5) is 27.8. The van der Waals surface area contributed by atoms with Gasteiger partial charge in [-0.05, 0) is 13.0 Å². The lowest BCUT2D eigenvalue weighted by atomic mass is 9.78. The highest BCUT2D eigenvalue weighted by Crippen LogP contribution is 2.34. The maximum atomic E-state index is 14.3. The van der Waals surface area contributed by atoms with E-state index in [1.165, 1.54) is 24.3 Å². The van der Waals surface area contributed by atoms with Gasteiger partial charge in [0.2, 0.25) is 0 Å². The first-order valence-electron chi connectivity index (χ1n) is 7.96. The van der Waals surface area contributed by atoms with E-state index >= 15 is 0 Å². The molecule has 1 heterocycles. The molecule has 140 valence electrons. The first-order chi connectivity index (χ1) is 12.3. The van der Waals surface area contributed by atoms with Crippen LogP contribution in [0.1, 0.15) is 25.8 Å². The van der Waals surface area contributed by atoms with Gasteiger partial charge in [0.25, 0.3) is 0 Å². The first kappa shape index (κ1) is 19.6. The summed E-state index contributed by atoms with van der Waals surface area (Å²) >= 11 is 0. The maximum Gasteiger partial charge on any atom is 0.313 e. The van der Waals surface area contributed by atoms with Gasteiger partial charge in [0.15, 0.2) is 0 Å². The van der Waals surface area contributed by atoms with E-state index in [4.69, 9.17) is 4.74 Å². The first-order valence-corrected chi connectivity index (χ1v) is 7.96. The van der Waals surface area contributed by atoms with Gasteiger partial charge in [-0.15, -0.1) is 0 Å². The molecule has 7 nitrogen and oxygen atoms in total. The van der Waals surface area contributed by atoms with Crippen LogP contribution in [-0.2, 0) is 26.5 Å². The van der Waals surface area contributed by atoms with Gasteiger partial charge in [0, 0.05) is 11.6 Å². The zero-order chi connectivity index (χ0) is 19.3. The van der Waals surface area contributed by atoms with Gasteiger partial charge in [0.1, 0.15) is 42.1 Å². The number of benzene rings is 1. The lowest BCUT2D eigenvalue weighted by Crippen LogP contribution is -2.43. The molecule has 0 aliphatic rings. The molecule has 0 fully saturated rings. The van der Waals surface area contributed by atoms with E-state index in [9.17, 15) is 23.5 Å². The van der Waals surface area contributed by atoms with Crippen LogP contribution >= 0.6 is 0 Å². The predicted molar refractivity (Wildman–Crippen MR) is 85.7 cm³/mol. The van der Waals surface area contributed by atoms with Crippen LogP contribution < -0.4 is 0 Å². The minimum atomic E-state index is -2.07. The molecule has 0 bridgehead atoms. The van der Waals surface area contributed by atoms with Crippen LogP contribution in [0.3, 0.4) is 0 Å². The summed E-state index contributed by atoms with van der Waals surface area (Å²) in [5.41, 5.74) is -2.35. The van der Waals surface area contributed by atoms with Crippen molar-refractivity contribution in [3.05, 3.63) is 48.1 Å². The molecule has 0 spiro atoms. The number of halogens is 2. The number of ether oxygens (including phenoxy) is 1. The molecule has 26 heavy (non-hydrogen) atoms. The number of nitrogens with zero attached hydrogens (tertiary/aromatic N) is 3. The second-order valence-electron chi connectivity index (χ2n) is 5.81. The molecule has 1 aromatic heterocycles. The van der Waals surface area contributed by atoms with Crippen molar-refractivity contribution in [2.24, 2.45) is 5.92 Å². The van der Waals surface area contributed by atoms with E-state index in [2.05, 4.69) is 10.1 Å². The van der Waals surface area contributed by atoms with Crippen molar-refractivity contribution in [2.45, 2.75) is 32.4 Å². The molecule has 0 saturated carbocycles. The molecule has 2 unspecified atom stereocenters. The van der Waals surface area contributed by atoms with Crippen molar-refractivity contribution in [2.75, 3.05) is 6.61 Å². The Balaban J connectivity index is 2.39. The Morgan fingerprint density at radius 3 is 2.69 bits per heavy atom. The number of aromatic nitrogens is 3. The van der Waals surface area contributed by atoms with E-state index in [0.29, 0.717) is 6.07 Å². The molecule has 0 aliphatic heterocycles. The van der Waals surface area contributed by atoms with E-state index in [0.717, 1.165) is 12.1 Å². The molecule has 1 aromatic carbocycles. The number of rotatable bonds is 8. The second kappa shape index (κ2) is 8.13. The normalized spacial score (nSPS) is 14.5. The highest BCUT2D eigenvalue weighted by atomic mass is 19.1. The van der Waals surface area contributed by atoms with Crippen molar-refractivity contribution >= 4 is 11.8 Å². The molecular weight excluding hydrogens is 348 g/mol. The number of esters is 1. The molecule has 2 rings (SSSR count). The van der Waals surface area contributed by atoms with Crippen LogP contribution in [0.5, 0.6) is 0 Å². The van der Waals surface area contributed by atoms with E-state index < -0.39 is 41.3 Å². The fraction of sp³-hybridized carbons (Fsp3) is 0.412. The Bertz CT molecular complexity index is 782. The van der Waals surface area contributed by atoms with Crippen molar-refractivity contribution < 1.29 is 28.2 Å². The van der Waals surface area contributed by atoms with Gasteiger partial charge in [0.05, 0.1) is 19.1 Å². The number of hydrogen-bond acceptors (Lipinski definition) is 6. The molecule has 0 aliphatic carbocycles.